The van der Waals surface area contributed by atoms with Crippen LogP contribution in [0, 0.1) is 11.8 Å². The highest BCUT2D eigenvalue weighted by Crippen LogP contribution is 2.12. The Morgan fingerprint density at radius 1 is 1.73 bits per heavy atom. The van der Waals surface area contributed by atoms with Gasteiger partial charge < -0.3 is 5.73 Å². The first-order valence-corrected chi connectivity index (χ1v) is 4.44. The lowest BCUT2D eigenvalue weighted by atomic mass is 10.4. The molecule has 1 rings (SSSR count). The summed E-state index contributed by atoms with van der Waals surface area (Å²) < 4.78 is 0. The largest absolute Gasteiger partial charge is 0.375 e. The summed E-state index contributed by atoms with van der Waals surface area (Å²) in [5.74, 6) is 6.38. The Labute approximate surface area is 74.4 Å². The number of alkyl halides is 1. The van der Waals surface area contributed by atoms with E-state index in [9.17, 15) is 0 Å². The summed E-state index contributed by atoms with van der Waals surface area (Å²) >= 11 is 6.82. The summed E-state index contributed by atoms with van der Waals surface area (Å²) in [7, 11) is 0. The third-order valence-electron chi connectivity index (χ3n) is 0.955. The summed E-state index contributed by atoms with van der Waals surface area (Å²) in [5, 5.41) is 0.556. The molecular weight excluding hydrogens is 180 g/mol. The lowest BCUT2D eigenvalue weighted by molar-refractivity contribution is 1.29. The van der Waals surface area contributed by atoms with Gasteiger partial charge in [-0.3, -0.25) is 0 Å². The highest BCUT2D eigenvalue weighted by Gasteiger charge is 1.91. The number of halogens is 1. The number of anilines is 1. The fourth-order valence-electron chi connectivity index (χ4n) is 0.542. The second kappa shape index (κ2) is 4.22. The lowest BCUT2D eigenvalue weighted by Gasteiger charge is -1.75. The first kappa shape index (κ1) is 8.38. The van der Waals surface area contributed by atoms with Crippen molar-refractivity contribution in [3.05, 3.63) is 11.1 Å². The van der Waals surface area contributed by atoms with Gasteiger partial charge in [0, 0.05) is 12.3 Å². The van der Waals surface area contributed by atoms with Crippen molar-refractivity contribution in [2.24, 2.45) is 0 Å². The molecule has 58 valence electrons. The van der Waals surface area contributed by atoms with E-state index in [4.69, 9.17) is 17.3 Å². The van der Waals surface area contributed by atoms with E-state index in [1.165, 1.54) is 11.3 Å². The minimum atomic E-state index is 0.556. The molecule has 0 radical (unpaired) electrons. The minimum absolute atomic E-state index is 0.556. The van der Waals surface area contributed by atoms with Gasteiger partial charge >= 0.3 is 0 Å². The summed E-state index contributed by atoms with van der Waals surface area (Å²) in [6.45, 7) is 0. The maximum absolute atomic E-state index is 5.43. The van der Waals surface area contributed by atoms with Crippen LogP contribution in [-0.2, 0) is 0 Å². The van der Waals surface area contributed by atoms with Crippen LogP contribution in [0.1, 0.15) is 11.3 Å². The summed E-state index contributed by atoms with van der Waals surface area (Å²) in [5.41, 5.74) is 5.40. The second-order valence-electron chi connectivity index (χ2n) is 1.80. The molecule has 11 heavy (non-hydrogen) atoms. The topological polar surface area (TPSA) is 38.9 Å². The molecule has 0 saturated carbocycles. The Kier molecular flexibility index (Phi) is 3.21. The highest BCUT2D eigenvalue weighted by atomic mass is 35.5. The Morgan fingerprint density at radius 2 is 2.55 bits per heavy atom. The lowest BCUT2D eigenvalue weighted by Crippen LogP contribution is -1.77. The van der Waals surface area contributed by atoms with Crippen LogP contribution in [0.3, 0.4) is 0 Å². The van der Waals surface area contributed by atoms with Crippen molar-refractivity contribution < 1.29 is 0 Å². The molecule has 0 atom stereocenters. The number of aromatic nitrogens is 1. The van der Waals surface area contributed by atoms with Gasteiger partial charge in [0.2, 0.25) is 0 Å². The molecule has 0 aliphatic carbocycles. The van der Waals surface area contributed by atoms with Gasteiger partial charge in [-0.2, -0.15) is 0 Å². The molecule has 1 heterocycles. The molecule has 1 aromatic heterocycles. The van der Waals surface area contributed by atoms with Crippen LogP contribution < -0.4 is 5.73 Å². The predicted molar refractivity (Wildman–Crippen MR) is 48.7 cm³/mol. The van der Waals surface area contributed by atoms with Crippen LogP contribution in [0.2, 0.25) is 0 Å². The van der Waals surface area contributed by atoms with Gasteiger partial charge in [0.1, 0.15) is 0 Å². The zero-order valence-electron chi connectivity index (χ0n) is 5.80. The first-order chi connectivity index (χ1) is 5.33. The van der Waals surface area contributed by atoms with E-state index in [0.29, 0.717) is 17.4 Å². The quantitative estimate of drug-likeness (QED) is 0.536. The Balaban J connectivity index is 2.59. The van der Waals surface area contributed by atoms with Gasteiger partial charge in [-0.05, 0) is 0 Å². The molecule has 0 spiro atoms. The van der Waals surface area contributed by atoms with E-state index in [1.54, 1.807) is 6.20 Å². The maximum atomic E-state index is 5.43. The van der Waals surface area contributed by atoms with E-state index in [-0.39, 0.29) is 0 Å². The molecule has 0 unspecified atom stereocenters. The van der Waals surface area contributed by atoms with Crippen molar-refractivity contribution in [2.75, 3.05) is 11.6 Å². The maximum Gasteiger partial charge on any atom is 0.181 e. The third kappa shape index (κ3) is 2.79. The molecule has 0 aromatic carbocycles. The van der Waals surface area contributed by atoms with Crippen molar-refractivity contribution in [1.29, 1.82) is 0 Å². The molecule has 0 bridgehead atoms. The monoisotopic (exact) mass is 186 g/mol. The minimum Gasteiger partial charge on any atom is -0.375 e. The molecule has 0 saturated heterocycles. The first-order valence-electron chi connectivity index (χ1n) is 3.09. The number of nitrogens with two attached hydrogens (primary N) is 1. The number of hydrogen-bond acceptors (Lipinski definition) is 3. The van der Waals surface area contributed by atoms with Gasteiger partial charge in [0.05, 0.1) is 11.1 Å². The third-order valence-corrected chi connectivity index (χ3v) is 1.89. The Morgan fingerprint density at radius 3 is 3.09 bits per heavy atom. The van der Waals surface area contributed by atoms with Gasteiger partial charge in [-0.1, -0.05) is 23.2 Å². The van der Waals surface area contributed by atoms with Crippen LogP contribution in [-0.4, -0.2) is 10.9 Å². The van der Waals surface area contributed by atoms with Crippen LogP contribution in [0.25, 0.3) is 0 Å². The van der Waals surface area contributed by atoms with Crippen molar-refractivity contribution in [2.45, 2.75) is 6.42 Å². The molecule has 0 amide bonds. The summed E-state index contributed by atoms with van der Waals surface area (Å²) in [6, 6.07) is 0. The van der Waals surface area contributed by atoms with Crippen molar-refractivity contribution in [3.8, 4) is 11.8 Å². The number of hydrogen-bond donors (Lipinski definition) is 1. The van der Waals surface area contributed by atoms with Crippen LogP contribution in [0.5, 0.6) is 0 Å². The molecule has 0 aliphatic rings. The fourth-order valence-corrected chi connectivity index (χ4v) is 1.20. The van der Waals surface area contributed by atoms with Crippen LogP contribution >= 0.6 is 22.9 Å². The van der Waals surface area contributed by atoms with Crippen molar-refractivity contribution in [3.63, 3.8) is 0 Å². The summed E-state index contributed by atoms with van der Waals surface area (Å²) in [6.07, 6.45) is 2.38. The second-order valence-corrected chi connectivity index (χ2v) is 3.24. The summed E-state index contributed by atoms with van der Waals surface area (Å²) in [4.78, 5) is 4.75. The molecule has 0 fully saturated rings. The van der Waals surface area contributed by atoms with E-state index in [1.807, 2.05) is 0 Å². The van der Waals surface area contributed by atoms with E-state index in [2.05, 4.69) is 16.8 Å². The molecule has 0 aliphatic heterocycles. The number of nitrogens with zero attached hydrogens (tertiary/aromatic N) is 1. The smallest absolute Gasteiger partial charge is 0.181 e. The van der Waals surface area contributed by atoms with E-state index < -0.39 is 0 Å². The van der Waals surface area contributed by atoms with E-state index >= 15 is 0 Å². The average molecular weight is 187 g/mol. The number of thiazole rings is 1. The SMILES string of the molecule is Nc1ncc(C#CCCCl)s1. The Bertz CT molecular complexity index is 284. The molecule has 2 N–H and O–H groups in total. The van der Waals surface area contributed by atoms with Crippen molar-refractivity contribution in [1.82, 2.24) is 4.98 Å². The molecule has 2 nitrogen and oxygen atoms in total. The zero-order chi connectivity index (χ0) is 8.10. The number of rotatable bonds is 1. The number of nitrogen functional groups attached to an aromatic ring is 1. The van der Waals surface area contributed by atoms with Gasteiger partial charge in [0.15, 0.2) is 5.13 Å². The van der Waals surface area contributed by atoms with Crippen molar-refractivity contribution >= 4 is 28.1 Å². The average Bonchev–Trinajstić information content (AvgIpc) is 2.37. The van der Waals surface area contributed by atoms with Crippen LogP contribution in [0.15, 0.2) is 6.20 Å². The van der Waals surface area contributed by atoms with Gasteiger partial charge in [0.25, 0.3) is 0 Å². The van der Waals surface area contributed by atoms with Crippen LogP contribution in [0.4, 0.5) is 5.13 Å². The highest BCUT2D eigenvalue weighted by molar-refractivity contribution is 7.15. The fraction of sp³-hybridized carbons (Fsp3) is 0.286. The predicted octanol–water partition coefficient (Wildman–Crippen LogP) is 1.71. The van der Waals surface area contributed by atoms with E-state index in [0.717, 1.165) is 4.88 Å². The molecular formula is C7H7ClN2S. The Hall–Kier alpha value is -0.720. The van der Waals surface area contributed by atoms with Gasteiger partial charge in [-0.15, -0.1) is 11.6 Å². The van der Waals surface area contributed by atoms with Gasteiger partial charge in [-0.25, -0.2) is 4.98 Å². The normalized spacial score (nSPS) is 8.82. The zero-order valence-corrected chi connectivity index (χ0v) is 7.37. The molecule has 1 aromatic rings. The molecule has 4 heteroatoms. The standard InChI is InChI=1S/C7H7ClN2S/c8-4-2-1-3-6-5-10-7(9)11-6/h5H,2,4H2,(H2,9,10).